The number of benzene rings is 7. The molecule has 37 rings (SSSR count). The molecule has 7 fully saturated rings. The minimum Gasteiger partial charge on any atom is -0.0622 e. The summed E-state index contributed by atoms with van der Waals surface area (Å²) in [5.41, 5.74) is 66.7. The molecule has 0 heteroatoms. The van der Waals surface area contributed by atoms with E-state index in [4.69, 9.17) is 0 Å². The van der Waals surface area contributed by atoms with Gasteiger partial charge in [0, 0.05) is 16.7 Å². The van der Waals surface area contributed by atoms with Gasteiger partial charge in [0.2, 0.25) is 0 Å². The van der Waals surface area contributed by atoms with Crippen molar-refractivity contribution in [1.29, 1.82) is 0 Å². The second kappa shape index (κ2) is 10.0. The summed E-state index contributed by atoms with van der Waals surface area (Å²) in [7, 11) is 0. The largest absolute Gasteiger partial charge is 0.0683 e. The molecule has 0 spiro atoms. The third-order valence-corrected chi connectivity index (χ3v) is 36.7. The third kappa shape index (κ3) is 2.44. The van der Waals surface area contributed by atoms with Crippen molar-refractivity contribution in [2.45, 2.75) is 50.7 Å². The second-order valence-electron chi connectivity index (χ2n) is 35.6. The van der Waals surface area contributed by atoms with Crippen LogP contribution >= 0.6 is 0 Å². The van der Waals surface area contributed by atoms with E-state index >= 15 is 0 Å². The molecule has 30 aliphatic carbocycles. The predicted octanol–water partition coefficient (Wildman–Crippen LogP) is 16.1. The minimum absolute atomic E-state index is 0.188. The number of allylic oxidation sites excluding steroid dienone is 22. The highest BCUT2D eigenvalue weighted by molar-refractivity contribution is 6.34. The van der Waals surface area contributed by atoms with Crippen LogP contribution in [0.3, 0.4) is 0 Å². The van der Waals surface area contributed by atoms with Gasteiger partial charge in [0.15, 0.2) is 0 Å². The zero-order valence-corrected chi connectivity index (χ0v) is 48.7. The van der Waals surface area contributed by atoms with Crippen LogP contribution in [-0.2, 0) is 27.1 Å². The lowest BCUT2D eigenvalue weighted by molar-refractivity contribution is 0.0394. The van der Waals surface area contributed by atoms with Gasteiger partial charge in [-0.3, -0.25) is 0 Å². The number of rotatable bonds is 5. The normalized spacial score (nSPS) is 52.3. The van der Waals surface area contributed by atoms with Crippen LogP contribution < -0.4 is 0 Å². The first-order valence-corrected chi connectivity index (χ1v) is 36.1. The first kappa shape index (κ1) is 39.3. The molecule has 0 aliphatic heterocycles. The molecule has 90 heavy (non-hydrogen) atoms. The summed E-state index contributed by atoms with van der Waals surface area (Å²) in [6.07, 6.45) is 0. The highest BCUT2D eigenvalue weighted by Gasteiger charge is 2.96. The second-order valence-corrected chi connectivity index (χ2v) is 35.6. The fourth-order valence-corrected chi connectivity index (χ4v) is 38.3. The Bertz CT molecular complexity index is 6090. The topological polar surface area (TPSA) is 0 Å². The van der Waals surface area contributed by atoms with Crippen molar-refractivity contribution in [3.8, 4) is 0 Å². The molecular formula is C90H48. The fourth-order valence-electron chi connectivity index (χ4n) is 38.3. The zero-order valence-electron chi connectivity index (χ0n) is 48.7. The number of hydrogen-bond donors (Lipinski definition) is 0. The summed E-state index contributed by atoms with van der Waals surface area (Å²) < 4.78 is 0. The molecule has 28 atom stereocenters. The monoisotopic (exact) mass is 1130 g/mol. The van der Waals surface area contributed by atoms with Gasteiger partial charge in [0.1, 0.15) is 0 Å². The van der Waals surface area contributed by atoms with E-state index in [9.17, 15) is 0 Å². The van der Waals surface area contributed by atoms with Crippen molar-refractivity contribution in [2.24, 2.45) is 112 Å². The molecule has 0 saturated heterocycles. The van der Waals surface area contributed by atoms with E-state index in [0.717, 1.165) is 0 Å². The van der Waals surface area contributed by atoms with Crippen molar-refractivity contribution in [3.63, 3.8) is 0 Å². The first-order valence-electron chi connectivity index (χ1n) is 36.1. The van der Waals surface area contributed by atoms with Crippen molar-refractivity contribution < 1.29 is 0 Å². The van der Waals surface area contributed by atoms with Gasteiger partial charge in [-0.15, -0.1) is 0 Å². The Morgan fingerprint density at radius 1 is 0.233 bits per heavy atom. The van der Waals surface area contributed by atoms with Crippen molar-refractivity contribution in [1.82, 2.24) is 0 Å². The van der Waals surface area contributed by atoms with E-state index in [2.05, 4.69) is 174 Å². The van der Waals surface area contributed by atoms with Crippen LogP contribution in [0.1, 0.15) is 96.0 Å². The molecule has 30 aliphatic rings. The van der Waals surface area contributed by atoms with Gasteiger partial charge >= 0.3 is 0 Å². The van der Waals surface area contributed by atoms with Crippen LogP contribution in [0.25, 0.3) is 33.1 Å². The SMILES string of the molecule is c1ccc(C23C4=C5C6=C7C8=C9C%10C%11C%12=C%13C%14C%15C%16=C%17c%18c%19c%20c%21c%22c%23c%24c(c%16c%18%22)C%14C%11C%24C%11C%14=C%23C%21=C%16C(C6C6C4=C4C2=C2C(C%17C%17C%15C%13(c%13ccccc%13)C%13=C(C(C3=C%13C2%17c2ccccc2)C58c2ccccc2)C9%12c2ccccc2)C%19C4C%20C%166)C%14C7C%10%11)cc1. The zero-order chi connectivity index (χ0) is 54.8. The smallest absolute Gasteiger partial charge is 0.0622 e. The van der Waals surface area contributed by atoms with E-state index in [1.807, 2.05) is 156 Å². The maximum Gasteiger partial charge on any atom is 0.0683 e. The molecule has 0 N–H and O–H groups in total. The van der Waals surface area contributed by atoms with Crippen LogP contribution in [0, 0.1) is 112 Å². The molecule has 7 aromatic carbocycles. The molecule has 0 nitrogen and oxygen atoms in total. The molecule has 408 valence electrons. The van der Waals surface area contributed by atoms with Gasteiger partial charge in [-0.25, -0.2) is 0 Å². The highest BCUT2D eigenvalue weighted by atomic mass is 15.0. The van der Waals surface area contributed by atoms with Gasteiger partial charge in [-0.05, 0) is 325 Å². The van der Waals surface area contributed by atoms with Gasteiger partial charge in [0.25, 0.3) is 0 Å². The van der Waals surface area contributed by atoms with E-state index in [1.165, 1.54) is 0 Å². The summed E-state index contributed by atoms with van der Waals surface area (Å²) >= 11 is 0. The van der Waals surface area contributed by atoms with Gasteiger partial charge in [-0.1, -0.05) is 163 Å². The van der Waals surface area contributed by atoms with E-state index in [0.29, 0.717) is 130 Å². The molecule has 0 radical (unpaired) electrons. The summed E-state index contributed by atoms with van der Waals surface area (Å²) in [5, 5.41) is 3.79. The van der Waals surface area contributed by atoms with Gasteiger partial charge < -0.3 is 0 Å². The van der Waals surface area contributed by atoms with Gasteiger partial charge in [-0.2, -0.15) is 0 Å². The third-order valence-electron chi connectivity index (χ3n) is 36.7. The molecular weight excluding hydrogens is 1080 g/mol. The molecule has 28 unspecified atom stereocenters. The molecule has 7 saturated carbocycles. The minimum atomic E-state index is -0.380. The van der Waals surface area contributed by atoms with Crippen LogP contribution in [0.15, 0.2) is 252 Å². The average Bonchev–Trinajstić information content (AvgIpc) is 1.37. The van der Waals surface area contributed by atoms with Crippen molar-refractivity contribution in [2.75, 3.05) is 0 Å². The summed E-state index contributed by atoms with van der Waals surface area (Å²) in [6, 6.07) is 65.6. The summed E-state index contributed by atoms with van der Waals surface area (Å²) in [4.78, 5) is 0. The Morgan fingerprint density at radius 3 is 1.33 bits per heavy atom. The summed E-state index contributed by atoms with van der Waals surface area (Å²) in [6.45, 7) is 0. The molecule has 0 amide bonds. The van der Waals surface area contributed by atoms with Crippen LogP contribution in [0.4, 0.5) is 0 Å². The summed E-state index contributed by atoms with van der Waals surface area (Å²) in [5.74, 6) is 12.5. The lowest BCUT2D eigenvalue weighted by Crippen LogP contribution is -2.60. The van der Waals surface area contributed by atoms with Gasteiger partial charge in [0.05, 0.1) is 16.2 Å². The molecule has 0 heterocycles. The predicted molar refractivity (Wildman–Crippen MR) is 339 cm³/mol. The van der Waals surface area contributed by atoms with E-state index in [-0.39, 0.29) is 33.0 Å². The lowest BCUT2D eigenvalue weighted by Gasteiger charge is -2.63. The van der Waals surface area contributed by atoms with Crippen LogP contribution in [0.2, 0.25) is 0 Å². The Hall–Kier alpha value is -8.06. The lowest BCUT2D eigenvalue weighted by atomic mass is 9.38. The maximum absolute atomic E-state index is 2.81. The fraction of sp³-hybridized carbons (Fsp3) is 0.311. The Balaban J connectivity index is 0.942. The first-order chi connectivity index (χ1) is 44.9. The molecule has 0 aromatic heterocycles. The quantitative estimate of drug-likeness (QED) is 0.151. The van der Waals surface area contributed by atoms with Crippen molar-refractivity contribution >= 4 is 33.1 Å². The van der Waals surface area contributed by atoms with Crippen LogP contribution in [-0.4, -0.2) is 0 Å². The maximum atomic E-state index is 2.81. The highest BCUT2D eigenvalue weighted by Crippen LogP contribution is 3.04. The van der Waals surface area contributed by atoms with E-state index in [1.54, 1.807) is 27.8 Å². The van der Waals surface area contributed by atoms with Crippen LogP contribution in [0.5, 0.6) is 0 Å². The Labute approximate surface area is 517 Å². The molecule has 7 aromatic rings. The van der Waals surface area contributed by atoms with E-state index < -0.39 is 0 Å². The Kier molecular flexibility index (Phi) is 4.38. The average molecular weight is 1130 g/mol. The molecule has 0 bridgehead atoms. The van der Waals surface area contributed by atoms with Crippen molar-refractivity contribution in [3.05, 3.63) is 324 Å². The Morgan fingerprint density at radius 2 is 0.667 bits per heavy atom. The standard InChI is InChI=1S/C90H48/c1-6-16-26(17-7-1)86-71-61-51-41-36-31-32-34-35-33(31)38-45-43(36)53(51)63-65-55(45)57-47(38)49-40(35)50-48-39(34)46-44-37(32)42(41)52-54(44)64-66-56(46)58(48)68-70-60(50)59(49)69-67(57)77-75(65)87(73(63)71,27-18-8-2-9-19-27)82-81(86)83-85-84(82)89(77,29-22-12-4-13-23-29)79(69)80(70)90(85,30-24-14-5-15-25-30)78(68)76(66)88(83,28-20-10-3-11-21-28)74(64)72(86)62(52)61/h1-25,41-46,51-58,63,65,67-70,79-81H. The number of hydrogen-bond acceptors (Lipinski definition) is 0.